The minimum atomic E-state index is 0.275. The van der Waals surface area contributed by atoms with Crippen LogP contribution in [0.2, 0.25) is 0 Å². The molecule has 0 fully saturated rings. The highest BCUT2D eigenvalue weighted by molar-refractivity contribution is 9.10. The lowest BCUT2D eigenvalue weighted by Gasteiger charge is -2.06. The zero-order chi connectivity index (χ0) is 14.7. The Bertz CT molecular complexity index is 630. The number of aromatic nitrogens is 2. The highest BCUT2D eigenvalue weighted by Crippen LogP contribution is 2.40. The molecule has 0 unspecified atom stereocenters. The molecule has 2 heterocycles. The van der Waals surface area contributed by atoms with Crippen LogP contribution in [0.25, 0.3) is 0 Å². The molecule has 0 spiro atoms. The molecule has 1 aromatic heterocycles. The highest BCUT2D eigenvalue weighted by Gasteiger charge is 2.17. The van der Waals surface area contributed by atoms with Crippen LogP contribution in [0, 0.1) is 0 Å². The largest absolute Gasteiger partial charge is 0.454 e. The van der Waals surface area contributed by atoms with E-state index in [9.17, 15) is 0 Å². The van der Waals surface area contributed by atoms with Gasteiger partial charge in [0.2, 0.25) is 6.79 Å². The average Bonchev–Trinajstić information content (AvgIpc) is 3.12. The molecule has 7 heteroatoms. The summed E-state index contributed by atoms with van der Waals surface area (Å²) in [6.07, 6.45) is 3.76. The summed E-state index contributed by atoms with van der Waals surface area (Å²) in [6.45, 7) is 2.35. The van der Waals surface area contributed by atoms with Crippen molar-refractivity contribution in [2.45, 2.75) is 13.1 Å². The second-order valence-electron chi connectivity index (χ2n) is 4.65. The average molecular weight is 354 g/mol. The van der Waals surface area contributed by atoms with Crippen molar-refractivity contribution in [3.8, 4) is 11.5 Å². The number of hydrogen-bond donors (Lipinski definition) is 1. The lowest BCUT2D eigenvalue weighted by Crippen LogP contribution is -2.04. The second kappa shape index (κ2) is 6.36. The molecule has 0 aliphatic carbocycles. The van der Waals surface area contributed by atoms with Crippen LogP contribution in [0.5, 0.6) is 11.5 Å². The van der Waals surface area contributed by atoms with Gasteiger partial charge in [-0.3, -0.25) is 4.68 Å². The van der Waals surface area contributed by atoms with Crippen molar-refractivity contribution in [3.05, 3.63) is 34.6 Å². The molecule has 1 aromatic carbocycles. The van der Waals surface area contributed by atoms with Crippen molar-refractivity contribution in [2.75, 3.05) is 25.8 Å². The Kier molecular flexibility index (Phi) is 4.31. The Balaban J connectivity index is 1.62. The van der Waals surface area contributed by atoms with Gasteiger partial charge in [0.25, 0.3) is 0 Å². The summed E-state index contributed by atoms with van der Waals surface area (Å²) in [6, 6.07) is 4.01. The third-order valence-electron chi connectivity index (χ3n) is 3.14. The number of nitrogens with one attached hydrogen (secondary N) is 1. The van der Waals surface area contributed by atoms with Crippen molar-refractivity contribution in [3.63, 3.8) is 0 Å². The van der Waals surface area contributed by atoms with Crippen LogP contribution >= 0.6 is 15.9 Å². The van der Waals surface area contributed by atoms with Gasteiger partial charge in [0.15, 0.2) is 11.5 Å². The highest BCUT2D eigenvalue weighted by atomic mass is 79.9. The Morgan fingerprint density at radius 2 is 2.33 bits per heavy atom. The Morgan fingerprint density at radius 1 is 1.43 bits per heavy atom. The van der Waals surface area contributed by atoms with Crippen molar-refractivity contribution in [1.82, 2.24) is 9.78 Å². The summed E-state index contributed by atoms with van der Waals surface area (Å²) < 4.78 is 18.6. The molecule has 0 bridgehead atoms. The predicted molar refractivity (Wildman–Crippen MR) is 81.7 cm³/mol. The molecule has 112 valence electrons. The molecule has 1 aliphatic rings. The van der Waals surface area contributed by atoms with Crippen LogP contribution in [0.3, 0.4) is 0 Å². The van der Waals surface area contributed by atoms with E-state index in [0.29, 0.717) is 13.2 Å². The van der Waals surface area contributed by atoms with E-state index in [4.69, 9.17) is 14.2 Å². The fraction of sp³-hybridized carbons (Fsp3) is 0.357. The number of rotatable bonds is 6. The van der Waals surface area contributed by atoms with Crippen molar-refractivity contribution in [2.24, 2.45) is 0 Å². The van der Waals surface area contributed by atoms with Crippen LogP contribution in [-0.4, -0.2) is 30.3 Å². The predicted octanol–water partition coefficient (Wildman–Crippen LogP) is 2.63. The summed E-state index contributed by atoms with van der Waals surface area (Å²) in [5, 5.41) is 7.60. The van der Waals surface area contributed by atoms with Gasteiger partial charge in [0, 0.05) is 19.9 Å². The Hall–Kier alpha value is -1.73. The van der Waals surface area contributed by atoms with Gasteiger partial charge in [-0.25, -0.2) is 0 Å². The SMILES string of the molecule is COCCn1cc(NCc2cc(Br)c3c(c2)OCO3)cn1. The topological polar surface area (TPSA) is 57.5 Å². The first-order chi connectivity index (χ1) is 10.3. The summed E-state index contributed by atoms with van der Waals surface area (Å²) in [7, 11) is 1.68. The van der Waals surface area contributed by atoms with Gasteiger partial charge in [0.05, 0.1) is 29.5 Å². The second-order valence-corrected chi connectivity index (χ2v) is 5.50. The van der Waals surface area contributed by atoms with Gasteiger partial charge in [-0.1, -0.05) is 0 Å². The zero-order valence-electron chi connectivity index (χ0n) is 11.6. The number of halogens is 1. The van der Waals surface area contributed by atoms with E-state index in [0.717, 1.165) is 33.8 Å². The lowest BCUT2D eigenvalue weighted by molar-refractivity contribution is 0.173. The molecule has 21 heavy (non-hydrogen) atoms. The molecule has 0 radical (unpaired) electrons. The first-order valence-electron chi connectivity index (χ1n) is 6.59. The van der Waals surface area contributed by atoms with E-state index in [2.05, 4.69) is 26.3 Å². The van der Waals surface area contributed by atoms with Crippen LogP contribution in [0.15, 0.2) is 29.0 Å². The maximum Gasteiger partial charge on any atom is 0.231 e. The van der Waals surface area contributed by atoms with E-state index in [1.54, 1.807) is 13.3 Å². The quantitative estimate of drug-likeness (QED) is 0.864. The molecule has 0 atom stereocenters. The summed E-state index contributed by atoms with van der Waals surface area (Å²) in [5.74, 6) is 1.54. The first-order valence-corrected chi connectivity index (χ1v) is 7.39. The van der Waals surface area contributed by atoms with Gasteiger partial charge >= 0.3 is 0 Å². The fourth-order valence-electron chi connectivity index (χ4n) is 2.09. The third kappa shape index (κ3) is 3.30. The summed E-state index contributed by atoms with van der Waals surface area (Å²) >= 11 is 3.49. The number of fused-ring (bicyclic) bond motifs is 1. The van der Waals surface area contributed by atoms with Crippen molar-refractivity contribution in [1.29, 1.82) is 0 Å². The number of nitrogens with zero attached hydrogens (tertiary/aromatic N) is 2. The molecule has 0 saturated carbocycles. The van der Waals surface area contributed by atoms with Crippen molar-refractivity contribution < 1.29 is 14.2 Å². The Morgan fingerprint density at radius 3 is 3.19 bits per heavy atom. The molecule has 6 nitrogen and oxygen atoms in total. The van der Waals surface area contributed by atoms with Gasteiger partial charge in [-0.2, -0.15) is 5.10 Å². The minimum absolute atomic E-state index is 0.275. The van der Waals surface area contributed by atoms with Crippen LogP contribution in [0.4, 0.5) is 5.69 Å². The monoisotopic (exact) mass is 353 g/mol. The van der Waals surface area contributed by atoms with Crippen LogP contribution in [-0.2, 0) is 17.8 Å². The molecule has 1 aliphatic heterocycles. The molecular formula is C14H16BrN3O3. The number of hydrogen-bond acceptors (Lipinski definition) is 5. The summed E-state index contributed by atoms with van der Waals surface area (Å²) in [4.78, 5) is 0. The number of methoxy groups -OCH3 is 1. The van der Waals surface area contributed by atoms with E-state index in [1.165, 1.54) is 0 Å². The Labute approximate surface area is 131 Å². The van der Waals surface area contributed by atoms with Gasteiger partial charge in [-0.15, -0.1) is 0 Å². The molecule has 0 saturated heterocycles. The molecule has 2 aromatic rings. The fourth-order valence-corrected chi connectivity index (χ4v) is 2.69. The number of benzene rings is 1. The lowest BCUT2D eigenvalue weighted by atomic mass is 10.2. The standard InChI is InChI=1S/C14H16BrN3O3/c1-19-3-2-18-8-11(7-17-18)16-6-10-4-12(15)14-13(5-10)20-9-21-14/h4-5,7-8,16H,2-3,6,9H2,1H3. The van der Waals surface area contributed by atoms with Crippen LogP contribution < -0.4 is 14.8 Å². The van der Waals surface area contributed by atoms with E-state index in [1.807, 2.05) is 23.0 Å². The molecule has 1 N–H and O–H groups in total. The zero-order valence-corrected chi connectivity index (χ0v) is 13.2. The van der Waals surface area contributed by atoms with Crippen molar-refractivity contribution >= 4 is 21.6 Å². The van der Waals surface area contributed by atoms with E-state index in [-0.39, 0.29) is 6.79 Å². The molecule has 3 rings (SSSR count). The number of ether oxygens (including phenoxy) is 3. The van der Waals surface area contributed by atoms with Crippen LogP contribution in [0.1, 0.15) is 5.56 Å². The smallest absolute Gasteiger partial charge is 0.231 e. The maximum atomic E-state index is 5.41. The van der Waals surface area contributed by atoms with Gasteiger partial charge in [0.1, 0.15) is 0 Å². The summed E-state index contributed by atoms with van der Waals surface area (Å²) in [5.41, 5.74) is 2.08. The third-order valence-corrected chi connectivity index (χ3v) is 3.73. The van der Waals surface area contributed by atoms with Gasteiger partial charge < -0.3 is 19.5 Å². The van der Waals surface area contributed by atoms with E-state index >= 15 is 0 Å². The normalized spacial score (nSPS) is 12.7. The minimum Gasteiger partial charge on any atom is -0.454 e. The maximum absolute atomic E-state index is 5.41. The van der Waals surface area contributed by atoms with Gasteiger partial charge in [-0.05, 0) is 33.6 Å². The number of anilines is 1. The molecule has 0 amide bonds. The molecular weight excluding hydrogens is 338 g/mol. The first kappa shape index (κ1) is 14.2. The van der Waals surface area contributed by atoms with E-state index < -0.39 is 0 Å².